The molecule has 6 heteroatoms. The molecule has 0 aliphatic carbocycles. The molecule has 0 heterocycles. The molecule has 1 unspecified atom stereocenters. The predicted molar refractivity (Wildman–Crippen MR) is 102 cm³/mol. The highest BCUT2D eigenvalue weighted by Gasteiger charge is 2.28. The van der Waals surface area contributed by atoms with Crippen LogP contribution in [0, 0.1) is 6.92 Å². The molecule has 0 aliphatic rings. The minimum Gasteiger partial charge on any atom is -0.357 e. The van der Waals surface area contributed by atoms with Crippen LogP contribution in [0.4, 0.5) is 0 Å². The van der Waals surface area contributed by atoms with Crippen LogP contribution >= 0.6 is 0 Å². The van der Waals surface area contributed by atoms with E-state index < -0.39 is 14.6 Å². The lowest BCUT2D eigenvalue weighted by Gasteiger charge is -2.21. The van der Waals surface area contributed by atoms with Crippen molar-refractivity contribution >= 4 is 15.8 Å². The number of guanidine groups is 1. The van der Waals surface area contributed by atoms with Crippen molar-refractivity contribution in [2.75, 3.05) is 18.8 Å². The Labute approximate surface area is 146 Å². The molecule has 0 saturated heterocycles. The molecule has 0 bridgehead atoms. The normalized spacial score (nSPS) is 14.3. The fourth-order valence-corrected chi connectivity index (χ4v) is 3.20. The maximum atomic E-state index is 12.2. The van der Waals surface area contributed by atoms with Gasteiger partial charge in [-0.15, -0.1) is 0 Å². The van der Waals surface area contributed by atoms with Crippen LogP contribution in [0.1, 0.15) is 51.8 Å². The molecule has 1 rings (SSSR count). The van der Waals surface area contributed by atoms with Gasteiger partial charge in [0.05, 0.1) is 23.1 Å². The average molecular weight is 354 g/mol. The number of sulfone groups is 1. The molecule has 136 valence electrons. The summed E-state index contributed by atoms with van der Waals surface area (Å²) in [6.45, 7) is 12.3. The first-order valence-corrected chi connectivity index (χ1v) is 10.1. The van der Waals surface area contributed by atoms with Crippen molar-refractivity contribution in [3.05, 3.63) is 35.4 Å². The first-order chi connectivity index (χ1) is 11.1. The van der Waals surface area contributed by atoms with Crippen LogP contribution in [0.3, 0.4) is 0 Å². The van der Waals surface area contributed by atoms with Crippen LogP contribution in [0.25, 0.3) is 0 Å². The van der Waals surface area contributed by atoms with Gasteiger partial charge in [-0.1, -0.05) is 24.3 Å². The molecule has 0 aromatic heterocycles. The van der Waals surface area contributed by atoms with Gasteiger partial charge in [-0.3, -0.25) is 4.99 Å². The summed E-state index contributed by atoms with van der Waals surface area (Å²) < 4.78 is 23.6. The van der Waals surface area contributed by atoms with E-state index in [1.54, 1.807) is 20.8 Å². The van der Waals surface area contributed by atoms with Crippen molar-refractivity contribution in [2.45, 2.75) is 52.3 Å². The zero-order valence-electron chi connectivity index (χ0n) is 15.7. The molecule has 0 fully saturated rings. The lowest BCUT2D eigenvalue weighted by atomic mass is 10.0. The number of hydrogen-bond acceptors (Lipinski definition) is 3. The van der Waals surface area contributed by atoms with Gasteiger partial charge in [0.1, 0.15) is 0 Å². The topological polar surface area (TPSA) is 70.6 Å². The van der Waals surface area contributed by atoms with E-state index in [1.165, 1.54) is 11.1 Å². The van der Waals surface area contributed by atoms with Crippen LogP contribution in [0.5, 0.6) is 0 Å². The van der Waals surface area contributed by atoms with Crippen molar-refractivity contribution in [3.8, 4) is 0 Å². The van der Waals surface area contributed by atoms with E-state index in [2.05, 4.69) is 41.6 Å². The van der Waals surface area contributed by atoms with Crippen molar-refractivity contribution in [3.63, 3.8) is 0 Å². The van der Waals surface area contributed by atoms with E-state index in [4.69, 9.17) is 0 Å². The molecule has 1 aromatic carbocycles. The zero-order chi connectivity index (χ0) is 18.4. The highest BCUT2D eigenvalue weighted by Crippen LogP contribution is 2.17. The van der Waals surface area contributed by atoms with E-state index in [1.807, 2.05) is 19.1 Å². The lowest BCUT2D eigenvalue weighted by molar-refractivity contribution is 0.560. The number of benzene rings is 1. The van der Waals surface area contributed by atoms with Gasteiger partial charge < -0.3 is 10.6 Å². The zero-order valence-corrected chi connectivity index (χ0v) is 16.5. The molecule has 1 atom stereocenters. The van der Waals surface area contributed by atoms with Gasteiger partial charge in [-0.2, -0.15) is 0 Å². The maximum absolute atomic E-state index is 12.2. The number of hydrogen-bond donors (Lipinski definition) is 2. The second-order valence-electron chi connectivity index (χ2n) is 6.91. The highest BCUT2D eigenvalue weighted by molar-refractivity contribution is 7.92. The first kappa shape index (κ1) is 20.5. The summed E-state index contributed by atoms with van der Waals surface area (Å²) >= 11 is 0. The number of aliphatic imine (C=N–C) groups is 1. The van der Waals surface area contributed by atoms with Crippen LogP contribution < -0.4 is 10.6 Å². The minimum atomic E-state index is -3.16. The van der Waals surface area contributed by atoms with Gasteiger partial charge >= 0.3 is 0 Å². The van der Waals surface area contributed by atoms with Gasteiger partial charge in [0, 0.05) is 6.54 Å². The second kappa shape index (κ2) is 8.51. The van der Waals surface area contributed by atoms with E-state index in [0.29, 0.717) is 5.96 Å². The Hall–Kier alpha value is -1.56. The Bertz CT molecular complexity index is 661. The van der Waals surface area contributed by atoms with Gasteiger partial charge in [-0.05, 0) is 52.7 Å². The third kappa shape index (κ3) is 5.82. The summed E-state index contributed by atoms with van der Waals surface area (Å²) in [7, 11) is -3.16. The molecular weight excluding hydrogens is 322 g/mol. The molecule has 5 nitrogen and oxygen atoms in total. The summed E-state index contributed by atoms with van der Waals surface area (Å²) in [5.41, 5.74) is 2.41. The summed E-state index contributed by atoms with van der Waals surface area (Å²) in [5, 5.41) is 6.52. The van der Waals surface area contributed by atoms with Crippen molar-refractivity contribution < 1.29 is 8.42 Å². The quantitative estimate of drug-likeness (QED) is 0.609. The number of rotatable bonds is 6. The summed E-state index contributed by atoms with van der Waals surface area (Å²) in [6, 6.07) is 8.28. The standard InChI is InChI=1S/C18H31N3O2S/c1-7-19-17(20-12-13-24(22,23)18(4,5)6)21-15(3)16-11-9-8-10-14(16)2/h8-11,15H,7,12-13H2,1-6H3,(H2,19,20,21). The SMILES string of the molecule is CCNC(=NCCS(=O)(=O)C(C)(C)C)NC(C)c1ccccc1C. The molecule has 0 aliphatic heterocycles. The molecule has 0 saturated carbocycles. The van der Waals surface area contributed by atoms with Gasteiger partial charge in [0.15, 0.2) is 15.8 Å². The van der Waals surface area contributed by atoms with Crippen LogP contribution in [-0.4, -0.2) is 38.0 Å². The molecule has 0 spiro atoms. The average Bonchev–Trinajstić information content (AvgIpc) is 2.46. The van der Waals surface area contributed by atoms with E-state index in [-0.39, 0.29) is 18.3 Å². The van der Waals surface area contributed by atoms with Crippen molar-refractivity contribution in [1.29, 1.82) is 0 Å². The fourth-order valence-electron chi connectivity index (χ4n) is 2.26. The molecular formula is C18H31N3O2S. The summed E-state index contributed by atoms with van der Waals surface area (Å²) in [6.07, 6.45) is 0. The Kier molecular flexibility index (Phi) is 7.27. The first-order valence-electron chi connectivity index (χ1n) is 8.41. The minimum absolute atomic E-state index is 0.0474. The fraction of sp³-hybridized carbons (Fsp3) is 0.611. The Morgan fingerprint density at radius 1 is 1.25 bits per heavy atom. The van der Waals surface area contributed by atoms with Gasteiger partial charge in [-0.25, -0.2) is 8.42 Å². The van der Waals surface area contributed by atoms with Crippen LogP contribution in [-0.2, 0) is 9.84 Å². The monoisotopic (exact) mass is 353 g/mol. The van der Waals surface area contributed by atoms with Crippen molar-refractivity contribution in [1.82, 2.24) is 10.6 Å². The summed E-state index contributed by atoms with van der Waals surface area (Å²) in [5.74, 6) is 0.684. The largest absolute Gasteiger partial charge is 0.357 e. The van der Waals surface area contributed by atoms with E-state index in [9.17, 15) is 8.42 Å². The number of nitrogens with one attached hydrogen (secondary N) is 2. The van der Waals surface area contributed by atoms with Crippen LogP contribution in [0.2, 0.25) is 0 Å². The lowest BCUT2D eigenvalue weighted by Crippen LogP contribution is -2.39. The third-order valence-corrected chi connectivity index (χ3v) is 6.50. The van der Waals surface area contributed by atoms with Gasteiger partial charge in [0.25, 0.3) is 0 Å². The third-order valence-electron chi connectivity index (χ3n) is 3.92. The highest BCUT2D eigenvalue weighted by atomic mass is 32.2. The predicted octanol–water partition coefficient (Wildman–Crippen LogP) is 2.82. The summed E-state index contributed by atoms with van der Waals surface area (Å²) in [4.78, 5) is 4.42. The molecule has 0 radical (unpaired) electrons. The molecule has 2 N–H and O–H groups in total. The molecule has 0 amide bonds. The number of aryl methyl sites for hydroxylation is 1. The van der Waals surface area contributed by atoms with Gasteiger partial charge in [0.2, 0.25) is 0 Å². The Morgan fingerprint density at radius 3 is 2.42 bits per heavy atom. The second-order valence-corrected chi connectivity index (χ2v) is 9.78. The maximum Gasteiger partial charge on any atom is 0.191 e. The molecule has 24 heavy (non-hydrogen) atoms. The Balaban J connectivity index is 2.78. The number of nitrogens with zero attached hydrogens (tertiary/aromatic N) is 1. The Morgan fingerprint density at radius 2 is 1.88 bits per heavy atom. The van der Waals surface area contributed by atoms with E-state index >= 15 is 0 Å². The van der Waals surface area contributed by atoms with Crippen molar-refractivity contribution in [2.24, 2.45) is 4.99 Å². The van der Waals surface area contributed by atoms with E-state index in [0.717, 1.165) is 6.54 Å². The molecule has 1 aromatic rings. The van der Waals surface area contributed by atoms with Crippen LogP contribution in [0.15, 0.2) is 29.3 Å². The smallest absolute Gasteiger partial charge is 0.191 e.